The Kier molecular flexibility index (Phi) is 6.26. The largest absolute Gasteiger partial charge is 0.426 e. The van der Waals surface area contributed by atoms with Crippen molar-refractivity contribution >= 4 is 39.0 Å². The molecule has 0 bridgehead atoms. The number of hydrogen-bond acceptors (Lipinski definition) is 6. The van der Waals surface area contributed by atoms with Gasteiger partial charge in [-0.1, -0.05) is 34.6 Å². The van der Waals surface area contributed by atoms with Crippen molar-refractivity contribution in [3.63, 3.8) is 0 Å². The molecule has 0 fully saturated rings. The van der Waals surface area contributed by atoms with E-state index in [-0.39, 0.29) is 16.8 Å². The summed E-state index contributed by atoms with van der Waals surface area (Å²) in [5.74, 6) is 0.0676. The number of carbonyl (C=O) groups is 1. The normalized spacial score (nSPS) is 12.3. The van der Waals surface area contributed by atoms with E-state index in [1.54, 1.807) is 18.5 Å². The highest BCUT2D eigenvalue weighted by Gasteiger charge is 2.20. The Morgan fingerprint density at radius 1 is 1.15 bits per heavy atom. The first-order valence-electron chi connectivity index (χ1n) is 11.6. The van der Waals surface area contributed by atoms with Gasteiger partial charge >= 0.3 is 5.97 Å². The third kappa shape index (κ3) is 4.64. The number of nitrogens with one attached hydrogen (secondary N) is 1. The second-order valence-corrected chi connectivity index (χ2v) is 9.64. The molecule has 2 aromatic carbocycles. The average molecular weight is 449 g/mol. The summed E-state index contributed by atoms with van der Waals surface area (Å²) in [4.78, 5) is 32.8. The molecule has 4 aromatic rings. The summed E-state index contributed by atoms with van der Waals surface area (Å²) in [6.45, 7) is 13.8. The van der Waals surface area contributed by atoms with Crippen molar-refractivity contribution in [3.05, 3.63) is 46.9 Å². The molecule has 2 aromatic heterocycles. The number of pyridine rings is 1. The number of rotatable bonds is 8. The van der Waals surface area contributed by atoms with Crippen molar-refractivity contribution in [2.45, 2.75) is 41.0 Å². The van der Waals surface area contributed by atoms with E-state index in [4.69, 9.17) is 4.74 Å². The zero-order valence-electron chi connectivity index (χ0n) is 20.1. The predicted molar refractivity (Wildman–Crippen MR) is 134 cm³/mol. The Morgan fingerprint density at radius 2 is 1.91 bits per heavy atom. The highest BCUT2D eigenvalue weighted by Crippen LogP contribution is 2.30. The van der Waals surface area contributed by atoms with Gasteiger partial charge in [-0.3, -0.25) is 14.0 Å². The zero-order valence-corrected chi connectivity index (χ0v) is 20.1. The molecule has 33 heavy (non-hydrogen) atoms. The van der Waals surface area contributed by atoms with E-state index in [0.717, 1.165) is 48.4 Å². The smallest absolute Gasteiger partial charge is 0.311 e. The van der Waals surface area contributed by atoms with Gasteiger partial charge in [-0.05, 0) is 48.8 Å². The predicted octanol–water partition coefficient (Wildman–Crippen LogP) is 4.53. The summed E-state index contributed by atoms with van der Waals surface area (Å²) in [5.41, 5.74) is 2.85. The second kappa shape index (κ2) is 8.98. The molecule has 0 spiro atoms. The lowest BCUT2D eigenvalue weighted by atomic mass is 9.92. The van der Waals surface area contributed by atoms with Gasteiger partial charge in [0.1, 0.15) is 12.1 Å². The molecule has 7 nitrogen and oxygen atoms in total. The lowest BCUT2D eigenvalue weighted by molar-refractivity contribution is -0.136. The van der Waals surface area contributed by atoms with Gasteiger partial charge in [0.05, 0.1) is 33.7 Å². The number of benzene rings is 2. The topological polar surface area (TPSA) is 75.9 Å². The van der Waals surface area contributed by atoms with Crippen molar-refractivity contribution in [2.24, 2.45) is 5.41 Å². The van der Waals surface area contributed by atoms with Gasteiger partial charge in [0.25, 0.3) is 0 Å². The van der Waals surface area contributed by atoms with Crippen LogP contribution in [0.4, 0.5) is 5.69 Å². The first-order chi connectivity index (χ1) is 15.7. The van der Waals surface area contributed by atoms with E-state index >= 15 is 0 Å². The number of hydrogen-bond donors (Lipinski definition) is 1. The van der Waals surface area contributed by atoms with Gasteiger partial charge in [-0.25, -0.2) is 4.98 Å². The summed E-state index contributed by atoms with van der Waals surface area (Å²) in [5, 5.41) is 4.56. The van der Waals surface area contributed by atoms with Gasteiger partial charge in [0.15, 0.2) is 5.43 Å². The minimum Gasteiger partial charge on any atom is -0.426 e. The number of fused-ring (bicyclic) bond motifs is 2. The molecule has 0 atom stereocenters. The molecule has 0 amide bonds. The molecular weight excluding hydrogens is 416 g/mol. The van der Waals surface area contributed by atoms with Crippen LogP contribution in [0.2, 0.25) is 0 Å². The molecule has 0 saturated heterocycles. The molecular formula is C26H32N4O3. The Hall–Kier alpha value is -3.19. The van der Waals surface area contributed by atoms with Crippen LogP contribution < -0.4 is 15.5 Å². The van der Waals surface area contributed by atoms with Crippen molar-refractivity contribution in [3.8, 4) is 5.75 Å². The molecule has 0 saturated carbocycles. The second-order valence-electron chi connectivity index (χ2n) is 9.64. The SMILES string of the molecule is CCN(CC)CCNc1ccc2ncn3c4ccc(OC(=O)CC(C)(C)C)cc4c(=O)c1c23. The molecule has 0 aliphatic heterocycles. The molecule has 0 radical (unpaired) electrons. The fraction of sp³-hybridized carbons (Fsp3) is 0.423. The molecule has 1 N–H and O–H groups in total. The fourth-order valence-electron chi connectivity index (χ4n) is 4.26. The minimum atomic E-state index is -0.310. The lowest BCUT2D eigenvalue weighted by Crippen LogP contribution is -2.28. The maximum atomic E-state index is 13.7. The standard InChI is InChI=1S/C26H32N4O3/c1-6-29(7-2)13-12-27-19-9-10-20-24-23(19)25(32)18-14-17(33-22(31)15-26(3,4)5)8-11-21(18)30(24)16-28-20/h8-11,14,16,27H,6-7,12-13,15H2,1-5H3. The summed E-state index contributed by atoms with van der Waals surface area (Å²) in [7, 11) is 0. The van der Waals surface area contributed by atoms with Gasteiger partial charge in [0, 0.05) is 18.8 Å². The van der Waals surface area contributed by atoms with Crippen molar-refractivity contribution in [2.75, 3.05) is 31.5 Å². The third-order valence-corrected chi connectivity index (χ3v) is 5.95. The molecule has 0 aliphatic carbocycles. The van der Waals surface area contributed by atoms with E-state index in [9.17, 15) is 9.59 Å². The van der Waals surface area contributed by atoms with Crippen LogP contribution in [0.3, 0.4) is 0 Å². The maximum Gasteiger partial charge on any atom is 0.311 e. The third-order valence-electron chi connectivity index (χ3n) is 5.95. The minimum absolute atomic E-state index is 0.0948. The van der Waals surface area contributed by atoms with Gasteiger partial charge < -0.3 is 15.0 Å². The number of esters is 1. The Labute approximate surface area is 193 Å². The Balaban J connectivity index is 1.76. The van der Waals surface area contributed by atoms with Crippen LogP contribution in [0.25, 0.3) is 27.3 Å². The summed E-state index contributed by atoms with van der Waals surface area (Å²) < 4.78 is 7.50. The molecule has 7 heteroatoms. The summed E-state index contributed by atoms with van der Waals surface area (Å²) in [6.07, 6.45) is 2.04. The van der Waals surface area contributed by atoms with Crippen molar-refractivity contribution in [1.29, 1.82) is 0 Å². The lowest BCUT2D eigenvalue weighted by Gasteiger charge is -2.19. The number of imidazole rings is 1. The first-order valence-corrected chi connectivity index (χ1v) is 11.6. The van der Waals surface area contributed by atoms with Crippen LogP contribution >= 0.6 is 0 Å². The number of likely N-dealkylation sites (N-methyl/N-ethyl adjacent to an activating group) is 1. The number of aromatic nitrogens is 2. The highest BCUT2D eigenvalue weighted by atomic mass is 16.5. The summed E-state index contributed by atoms with van der Waals surface area (Å²) in [6, 6.07) is 9.08. The monoisotopic (exact) mass is 448 g/mol. The maximum absolute atomic E-state index is 13.7. The zero-order chi connectivity index (χ0) is 23.8. The number of ether oxygens (including phenoxy) is 1. The van der Waals surface area contributed by atoms with Crippen molar-refractivity contribution in [1.82, 2.24) is 14.3 Å². The van der Waals surface area contributed by atoms with Crippen LogP contribution in [0, 0.1) is 5.41 Å². The van der Waals surface area contributed by atoms with Gasteiger partial charge in [-0.2, -0.15) is 0 Å². The summed E-state index contributed by atoms with van der Waals surface area (Å²) >= 11 is 0. The molecule has 4 rings (SSSR count). The fourth-order valence-corrected chi connectivity index (χ4v) is 4.26. The van der Waals surface area contributed by atoms with Crippen LogP contribution in [0.15, 0.2) is 41.5 Å². The molecule has 0 aliphatic rings. The Morgan fingerprint density at radius 3 is 2.61 bits per heavy atom. The van der Waals surface area contributed by atoms with E-state index in [0.29, 0.717) is 22.9 Å². The first kappa shape index (κ1) is 23.0. The van der Waals surface area contributed by atoms with Crippen LogP contribution in [0.1, 0.15) is 41.0 Å². The number of carbonyl (C=O) groups excluding carboxylic acids is 1. The average Bonchev–Trinajstić information content (AvgIpc) is 3.18. The van der Waals surface area contributed by atoms with E-state index in [1.807, 2.05) is 43.4 Å². The molecule has 0 unspecified atom stereocenters. The van der Waals surface area contributed by atoms with E-state index < -0.39 is 0 Å². The quantitative estimate of drug-likeness (QED) is 0.242. The van der Waals surface area contributed by atoms with E-state index in [2.05, 4.69) is 29.0 Å². The Bertz CT molecular complexity index is 1350. The van der Waals surface area contributed by atoms with E-state index in [1.165, 1.54) is 0 Å². The molecule has 2 heterocycles. The van der Waals surface area contributed by atoms with Crippen molar-refractivity contribution < 1.29 is 9.53 Å². The van der Waals surface area contributed by atoms with Crippen LogP contribution in [0.5, 0.6) is 5.75 Å². The highest BCUT2D eigenvalue weighted by molar-refractivity contribution is 6.07. The number of anilines is 1. The molecule has 174 valence electrons. The van der Waals surface area contributed by atoms with Gasteiger partial charge in [0.2, 0.25) is 0 Å². The van der Waals surface area contributed by atoms with Crippen LogP contribution in [-0.2, 0) is 4.79 Å². The number of nitrogens with zero attached hydrogens (tertiary/aromatic N) is 3. The van der Waals surface area contributed by atoms with Crippen LogP contribution in [-0.4, -0.2) is 46.4 Å². The van der Waals surface area contributed by atoms with Gasteiger partial charge in [-0.15, -0.1) is 0 Å².